The molecule has 0 bridgehead atoms. The van der Waals surface area contributed by atoms with E-state index in [9.17, 15) is 9.59 Å². The van der Waals surface area contributed by atoms with Gasteiger partial charge in [-0.25, -0.2) is 5.01 Å². The van der Waals surface area contributed by atoms with E-state index in [4.69, 9.17) is 0 Å². The lowest BCUT2D eigenvalue weighted by atomic mass is 9.92. The summed E-state index contributed by atoms with van der Waals surface area (Å²) in [5, 5.41) is 12.0. The number of pyridine rings is 1. The number of amides is 1. The van der Waals surface area contributed by atoms with Crippen LogP contribution in [0.4, 0.5) is 0 Å². The molecule has 7 nitrogen and oxygen atoms in total. The van der Waals surface area contributed by atoms with E-state index in [-0.39, 0.29) is 17.4 Å². The summed E-state index contributed by atoms with van der Waals surface area (Å²) in [5.41, 5.74) is 2.13. The van der Waals surface area contributed by atoms with Gasteiger partial charge in [-0.3, -0.25) is 19.7 Å². The number of hydrogen-bond donors (Lipinski definition) is 1. The average Bonchev–Trinajstić information content (AvgIpc) is 3.04. The second-order valence-electron chi connectivity index (χ2n) is 4.82. The van der Waals surface area contributed by atoms with Gasteiger partial charge >= 0.3 is 0 Å². The zero-order chi connectivity index (χ0) is 15.0. The number of rotatable bonds is 3. The van der Waals surface area contributed by atoms with Crippen LogP contribution in [-0.4, -0.2) is 44.6 Å². The van der Waals surface area contributed by atoms with Crippen LogP contribution in [-0.2, 0) is 4.79 Å². The summed E-state index contributed by atoms with van der Waals surface area (Å²) in [6.45, 7) is 1.80. The van der Waals surface area contributed by atoms with E-state index in [0.717, 1.165) is 5.69 Å². The number of hydrogen-bond acceptors (Lipinski definition) is 5. The topological polar surface area (TPSA) is 91.3 Å². The van der Waals surface area contributed by atoms with E-state index in [1.54, 1.807) is 37.5 Å². The highest BCUT2D eigenvalue weighted by Gasteiger charge is 2.41. The van der Waals surface area contributed by atoms with E-state index < -0.39 is 5.92 Å². The molecule has 7 heteroatoms. The smallest absolute Gasteiger partial charge is 0.259 e. The van der Waals surface area contributed by atoms with Crippen LogP contribution < -0.4 is 0 Å². The molecule has 0 radical (unpaired) electrons. The molecule has 1 aliphatic rings. The van der Waals surface area contributed by atoms with Gasteiger partial charge in [0.05, 0.1) is 5.71 Å². The Morgan fingerprint density at radius 1 is 1.33 bits per heavy atom. The van der Waals surface area contributed by atoms with Crippen LogP contribution in [0.25, 0.3) is 0 Å². The maximum Gasteiger partial charge on any atom is 0.259 e. The van der Waals surface area contributed by atoms with Crippen molar-refractivity contribution in [3.05, 3.63) is 47.5 Å². The Labute approximate surface area is 120 Å². The molecule has 0 fully saturated rings. The van der Waals surface area contributed by atoms with E-state index >= 15 is 0 Å². The number of hydrazone groups is 1. The second kappa shape index (κ2) is 4.93. The lowest BCUT2D eigenvalue weighted by Gasteiger charge is -2.08. The molecule has 0 spiro atoms. The second-order valence-corrected chi connectivity index (χ2v) is 4.82. The minimum absolute atomic E-state index is 0.239. The maximum atomic E-state index is 12.6. The largest absolute Gasteiger partial charge is 0.291 e. The third-order valence-corrected chi connectivity index (χ3v) is 3.29. The van der Waals surface area contributed by atoms with Gasteiger partial charge in [0.15, 0.2) is 0 Å². The third-order valence-electron chi connectivity index (χ3n) is 3.29. The molecular weight excluding hydrogens is 270 g/mol. The minimum atomic E-state index is -0.958. The first-order valence-corrected chi connectivity index (χ1v) is 6.40. The van der Waals surface area contributed by atoms with Crippen molar-refractivity contribution in [1.29, 1.82) is 0 Å². The van der Waals surface area contributed by atoms with Crippen LogP contribution in [0.3, 0.4) is 0 Å². The Bertz CT molecular complexity index is 735. The van der Waals surface area contributed by atoms with Crippen molar-refractivity contribution in [1.82, 2.24) is 20.2 Å². The molecule has 21 heavy (non-hydrogen) atoms. The molecular formula is C14H13N5O2. The summed E-state index contributed by atoms with van der Waals surface area (Å²) in [7, 11) is 1.53. The lowest BCUT2D eigenvalue weighted by molar-refractivity contribution is -0.129. The van der Waals surface area contributed by atoms with Crippen molar-refractivity contribution in [2.24, 2.45) is 11.0 Å². The van der Waals surface area contributed by atoms with Gasteiger partial charge in [0.25, 0.3) is 5.91 Å². The van der Waals surface area contributed by atoms with Gasteiger partial charge in [0.2, 0.25) is 5.78 Å². The Morgan fingerprint density at radius 3 is 2.67 bits per heavy atom. The first kappa shape index (κ1) is 13.2. The normalized spacial score (nSPS) is 18.0. The predicted octanol–water partition coefficient (Wildman–Crippen LogP) is 0.788. The molecule has 0 saturated carbocycles. The third kappa shape index (κ3) is 2.22. The summed E-state index contributed by atoms with van der Waals surface area (Å²) in [6, 6.07) is 5.07. The summed E-state index contributed by atoms with van der Waals surface area (Å²) < 4.78 is 0. The van der Waals surface area contributed by atoms with Gasteiger partial charge < -0.3 is 0 Å². The summed E-state index contributed by atoms with van der Waals surface area (Å²) in [6.07, 6.45) is 3.20. The van der Waals surface area contributed by atoms with Gasteiger partial charge in [0.1, 0.15) is 11.6 Å². The fraction of sp³-hybridized carbons (Fsp3) is 0.214. The van der Waals surface area contributed by atoms with Crippen molar-refractivity contribution in [2.75, 3.05) is 7.05 Å². The number of aryl methyl sites for hydroxylation is 1. The number of aromatic amines is 1. The Morgan fingerprint density at radius 2 is 2.05 bits per heavy atom. The van der Waals surface area contributed by atoms with E-state index in [2.05, 4.69) is 20.3 Å². The van der Waals surface area contributed by atoms with Crippen molar-refractivity contribution in [3.63, 3.8) is 0 Å². The molecule has 2 aromatic heterocycles. The van der Waals surface area contributed by atoms with Crippen LogP contribution >= 0.6 is 0 Å². The predicted molar refractivity (Wildman–Crippen MR) is 74.7 cm³/mol. The number of ketones is 1. The molecule has 1 unspecified atom stereocenters. The molecule has 0 aliphatic carbocycles. The molecule has 1 aliphatic heterocycles. The number of H-pyrrole nitrogens is 1. The fourth-order valence-electron chi connectivity index (χ4n) is 2.25. The summed E-state index contributed by atoms with van der Waals surface area (Å²) in [5.74, 6) is -1.67. The van der Waals surface area contributed by atoms with Crippen LogP contribution in [0.15, 0.2) is 35.7 Å². The standard InChI is InChI=1S/C14H13N5O2/c1-8-7-10(17-16-8)13(20)11-12(18-19(2)14(11)21)9-3-5-15-6-4-9/h3-7,11H,1-2H3,(H,16,17). The zero-order valence-electron chi connectivity index (χ0n) is 11.6. The number of aromatic nitrogens is 3. The molecule has 1 atom stereocenters. The van der Waals surface area contributed by atoms with Crippen molar-refractivity contribution >= 4 is 17.4 Å². The summed E-state index contributed by atoms with van der Waals surface area (Å²) >= 11 is 0. The lowest BCUT2D eigenvalue weighted by Crippen LogP contribution is -2.32. The Kier molecular flexibility index (Phi) is 3.09. The molecule has 2 aromatic rings. The molecule has 0 aromatic carbocycles. The van der Waals surface area contributed by atoms with Crippen LogP contribution in [0.2, 0.25) is 0 Å². The van der Waals surface area contributed by atoms with Gasteiger partial charge in [-0.15, -0.1) is 0 Å². The van der Waals surface area contributed by atoms with E-state index in [1.807, 2.05) is 0 Å². The SMILES string of the molecule is Cc1cc(C(=O)C2C(=O)N(C)N=C2c2ccncc2)n[nH]1. The number of nitrogens with one attached hydrogen (secondary N) is 1. The van der Waals surface area contributed by atoms with Gasteiger partial charge in [-0.2, -0.15) is 10.2 Å². The van der Waals surface area contributed by atoms with Gasteiger partial charge in [-0.1, -0.05) is 0 Å². The number of Topliss-reactive ketones (excluding diaryl/α,β-unsaturated/α-hetero) is 1. The van der Waals surface area contributed by atoms with Crippen molar-refractivity contribution < 1.29 is 9.59 Å². The summed E-state index contributed by atoms with van der Waals surface area (Å²) in [4.78, 5) is 28.8. The van der Waals surface area contributed by atoms with Crippen molar-refractivity contribution in [3.8, 4) is 0 Å². The molecule has 1 amide bonds. The van der Waals surface area contributed by atoms with Gasteiger partial charge in [0, 0.05) is 30.7 Å². The molecule has 106 valence electrons. The first-order chi connectivity index (χ1) is 10.1. The number of carbonyl (C=O) groups excluding carboxylic acids is 2. The maximum absolute atomic E-state index is 12.6. The number of nitrogens with zero attached hydrogens (tertiary/aromatic N) is 4. The molecule has 3 rings (SSSR count). The van der Waals surface area contributed by atoms with Crippen LogP contribution in [0.1, 0.15) is 21.7 Å². The quantitative estimate of drug-likeness (QED) is 0.666. The number of carbonyl (C=O) groups is 2. The Balaban J connectivity index is 2.01. The highest BCUT2D eigenvalue weighted by atomic mass is 16.2. The molecule has 1 N–H and O–H groups in total. The fourth-order valence-corrected chi connectivity index (χ4v) is 2.25. The highest BCUT2D eigenvalue weighted by molar-refractivity contribution is 6.30. The van der Waals surface area contributed by atoms with E-state index in [0.29, 0.717) is 11.3 Å². The molecule has 0 saturated heterocycles. The highest BCUT2D eigenvalue weighted by Crippen LogP contribution is 2.23. The Hall–Kier alpha value is -2.83. The first-order valence-electron chi connectivity index (χ1n) is 6.40. The van der Waals surface area contributed by atoms with Gasteiger partial charge in [-0.05, 0) is 25.1 Å². The zero-order valence-corrected chi connectivity index (χ0v) is 11.6. The molecule has 3 heterocycles. The minimum Gasteiger partial charge on any atom is -0.291 e. The van der Waals surface area contributed by atoms with Crippen molar-refractivity contribution in [2.45, 2.75) is 6.92 Å². The van der Waals surface area contributed by atoms with Crippen LogP contribution in [0, 0.1) is 12.8 Å². The van der Waals surface area contributed by atoms with E-state index in [1.165, 1.54) is 12.1 Å². The van der Waals surface area contributed by atoms with Crippen LogP contribution in [0.5, 0.6) is 0 Å². The average molecular weight is 283 g/mol. The monoisotopic (exact) mass is 283 g/mol.